The predicted octanol–water partition coefficient (Wildman–Crippen LogP) is 5.56. The molecule has 20 heavy (non-hydrogen) atoms. The van der Waals surface area contributed by atoms with Crippen LogP contribution in [0.15, 0.2) is 28.7 Å². The summed E-state index contributed by atoms with van der Waals surface area (Å²) in [6.07, 6.45) is 2.13. The van der Waals surface area contributed by atoms with Crippen LogP contribution in [0.3, 0.4) is 0 Å². The van der Waals surface area contributed by atoms with Gasteiger partial charge in [0, 0.05) is 4.47 Å². The average molecular weight is 372 g/mol. The predicted molar refractivity (Wildman–Crippen MR) is 87.8 cm³/mol. The van der Waals surface area contributed by atoms with Gasteiger partial charge in [0.15, 0.2) is 5.15 Å². The molecule has 5 heteroatoms. The maximum Gasteiger partial charge on any atom is 0.154 e. The monoisotopic (exact) mass is 370 g/mol. The van der Waals surface area contributed by atoms with Crippen molar-refractivity contribution in [3.05, 3.63) is 55.7 Å². The van der Waals surface area contributed by atoms with Crippen molar-refractivity contribution >= 4 is 44.8 Å². The van der Waals surface area contributed by atoms with E-state index in [9.17, 15) is 0 Å². The van der Waals surface area contributed by atoms with Gasteiger partial charge in [-0.15, -0.1) is 0 Å². The van der Waals surface area contributed by atoms with Crippen molar-refractivity contribution in [3.8, 4) is 0 Å². The average Bonchev–Trinajstić information content (AvgIpc) is 2.76. The van der Waals surface area contributed by atoms with Gasteiger partial charge in [0.25, 0.3) is 0 Å². The molecular formula is C15H13BrCl2N2. The molecule has 0 saturated heterocycles. The standard InChI is InChI=1S/C15H13BrCl2N2/c1-8-6-13(17)20-15(18)14(8)19-12-5-2-9-7-10(16)3-4-11(9)12/h3-4,6-7,12,19H,2,5H2,1H3. The fourth-order valence-electron chi connectivity index (χ4n) is 2.68. The summed E-state index contributed by atoms with van der Waals surface area (Å²) in [5.74, 6) is 0. The Morgan fingerprint density at radius 1 is 1.30 bits per heavy atom. The summed E-state index contributed by atoms with van der Waals surface area (Å²) in [6.45, 7) is 1.99. The molecule has 0 aliphatic heterocycles. The number of halogens is 3. The number of hydrogen-bond donors (Lipinski definition) is 1. The molecular weight excluding hydrogens is 359 g/mol. The Morgan fingerprint density at radius 2 is 2.10 bits per heavy atom. The van der Waals surface area contributed by atoms with Crippen LogP contribution >= 0.6 is 39.1 Å². The molecule has 0 bridgehead atoms. The Morgan fingerprint density at radius 3 is 2.85 bits per heavy atom. The fraction of sp³-hybridized carbons (Fsp3) is 0.267. The van der Waals surface area contributed by atoms with Crippen molar-refractivity contribution < 1.29 is 0 Å². The van der Waals surface area contributed by atoms with Gasteiger partial charge in [0.1, 0.15) is 5.15 Å². The highest BCUT2D eigenvalue weighted by Gasteiger charge is 2.23. The minimum atomic E-state index is 0.275. The van der Waals surface area contributed by atoms with E-state index >= 15 is 0 Å². The van der Waals surface area contributed by atoms with Crippen molar-refractivity contribution in [1.82, 2.24) is 4.98 Å². The maximum atomic E-state index is 6.20. The second kappa shape index (κ2) is 5.55. The number of rotatable bonds is 2. The van der Waals surface area contributed by atoms with E-state index in [4.69, 9.17) is 23.2 Å². The van der Waals surface area contributed by atoms with Crippen molar-refractivity contribution in [1.29, 1.82) is 0 Å². The third kappa shape index (κ3) is 2.67. The van der Waals surface area contributed by atoms with Crippen molar-refractivity contribution in [2.75, 3.05) is 5.32 Å². The molecule has 0 saturated carbocycles. The van der Waals surface area contributed by atoms with E-state index < -0.39 is 0 Å². The van der Waals surface area contributed by atoms with Crippen LogP contribution in [0.4, 0.5) is 5.69 Å². The summed E-state index contributed by atoms with van der Waals surface area (Å²) in [7, 11) is 0. The van der Waals surface area contributed by atoms with Crippen molar-refractivity contribution in [2.24, 2.45) is 0 Å². The number of nitrogens with zero attached hydrogens (tertiary/aromatic N) is 1. The van der Waals surface area contributed by atoms with Crippen LogP contribution in [0.5, 0.6) is 0 Å². The third-order valence-electron chi connectivity index (χ3n) is 3.64. The summed E-state index contributed by atoms with van der Waals surface area (Å²) in [6, 6.07) is 8.53. The quantitative estimate of drug-likeness (QED) is 0.699. The summed E-state index contributed by atoms with van der Waals surface area (Å²) in [5, 5.41) is 4.37. The molecule has 3 rings (SSSR count). The normalized spacial score (nSPS) is 17.1. The Labute approximate surface area is 136 Å². The number of anilines is 1. The van der Waals surface area contributed by atoms with E-state index in [1.54, 1.807) is 0 Å². The van der Waals surface area contributed by atoms with Gasteiger partial charge in [-0.1, -0.05) is 45.2 Å². The maximum absolute atomic E-state index is 6.20. The molecule has 1 unspecified atom stereocenters. The van der Waals surface area contributed by atoms with E-state index in [0.29, 0.717) is 10.3 Å². The topological polar surface area (TPSA) is 24.9 Å². The molecule has 2 nitrogen and oxygen atoms in total. The van der Waals surface area contributed by atoms with Crippen molar-refractivity contribution in [2.45, 2.75) is 25.8 Å². The fourth-order valence-corrected chi connectivity index (χ4v) is 3.67. The van der Waals surface area contributed by atoms with E-state index in [1.807, 2.05) is 13.0 Å². The van der Waals surface area contributed by atoms with Crippen LogP contribution in [0.2, 0.25) is 10.3 Å². The number of aryl methyl sites for hydroxylation is 2. The van der Waals surface area contributed by atoms with E-state index in [-0.39, 0.29) is 6.04 Å². The molecule has 0 fully saturated rings. The largest absolute Gasteiger partial charge is 0.376 e. The smallest absolute Gasteiger partial charge is 0.154 e. The minimum Gasteiger partial charge on any atom is -0.376 e. The molecule has 0 spiro atoms. The van der Waals surface area contributed by atoms with Crippen LogP contribution in [-0.2, 0) is 6.42 Å². The zero-order chi connectivity index (χ0) is 14.3. The first kappa shape index (κ1) is 14.2. The molecule has 1 aliphatic rings. The molecule has 0 amide bonds. The molecule has 0 radical (unpaired) electrons. The SMILES string of the molecule is Cc1cc(Cl)nc(Cl)c1NC1CCc2cc(Br)ccc21. The van der Waals surface area contributed by atoms with Crippen LogP contribution < -0.4 is 5.32 Å². The second-order valence-electron chi connectivity index (χ2n) is 5.01. The summed E-state index contributed by atoms with van der Waals surface area (Å²) < 4.78 is 1.12. The number of benzene rings is 1. The number of hydrogen-bond acceptors (Lipinski definition) is 2. The molecule has 1 atom stereocenters. The summed E-state index contributed by atoms with van der Waals surface area (Å²) >= 11 is 15.6. The molecule has 2 aromatic rings. The molecule has 1 aromatic heterocycles. The van der Waals surface area contributed by atoms with Crippen LogP contribution in [0.1, 0.15) is 29.2 Å². The zero-order valence-corrected chi connectivity index (χ0v) is 14.0. The summed E-state index contributed by atoms with van der Waals surface area (Å²) in [5.41, 5.74) is 4.60. The van der Waals surface area contributed by atoms with Crippen LogP contribution in [0, 0.1) is 6.92 Å². The Hall–Kier alpha value is -0.770. The Kier molecular flexibility index (Phi) is 3.93. The highest BCUT2D eigenvalue weighted by Crippen LogP contribution is 2.37. The summed E-state index contributed by atoms with van der Waals surface area (Å²) in [4.78, 5) is 4.11. The van der Waals surface area contributed by atoms with Crippen molar-refractivity contribution in [3.63, 3.8) is 0 Å². The molecule has 1 heterocycles. The van der Waals surface area contributed by atoms with E-state index in [0.717, 1.165) is 28.6 Å². The number of aromatic nitrogens is 1. The van der Waals surface area contributed by atoms with Gasteiger partial charge >= 0.3 is 0 Å². The molecule has 1 N–H and O–H groups in total. The lowest BCUT2D eigenvalue weighted by Crippen LogP contribution is -2.09. The molecule has 104 valence electrons. The first-order chi connectivity index (χ1) is 9.54. The number of nitrogens with one attached hydrogen (secondary N) is 1. The second-order valence-corrected chi connectivity index (χ2v) is 6.67. The highest BCUT2D eigenvalue weighted by atomic mass is 79.9. The van der Waals surface area contributed by atoms with E-state index in [1.165, 1.54) is 11.1 Å². The Balaban J connectivity index is 1.91. The first-order valence-electron chi connectivity index (χ1n) is 6.42. The van der Waals surface area contributed by atoms with Crippen LogP contribution in [0.25, 0.3) is 0 Å². The first-order valence-corrected chi connectivity index (χ1v) is 7.97. The van der Waals surface area contributed by atoms with Gasteiger partial charge < -0.3 is 5.32 Å². The minimum absolute atomic E-state index is 0.275. The lowest BCUT2D eigenvalue weighted by Gasteiger charge is -2.18. The van der Waals surface area contributed by atoms with Gasteiger partial charge in [-0.25, -0.2) is 4.98 Å². The van der Waals surface area contributed by atoms with Gasteiger partial charge in [0.05, 0.1) is 11.7 Å². The van der Waals surface area contributed by atoms with E-state index in [2.05, 4.69) is 44.4 Å². The van der Waals surface area contributed by atoms with Gasteiger partial charge in [-0.3, -0.25) is 0 Å². The number of fused-ring (bicyclic) bond motifs is 1. The van der Waals surface area contributed by atoms with Gasteiger partial charge in [-0.2, -0.15) is 0 Å². The highest BCUT2D eigenvalue weighted by molar-refractivity contribution is 9.10. The number of pyridine rings is 1. The Bertz CT molecular complexity index is 650. The van der Waals surface area contributed by atoms with Crippen LogP contribution in [-0.4, -0.2) is 4.98 Å². The van der Waals surface area contributed by atoms with Gasteiger partial charge in [-0.05, 0) is 54.7 Å². The molecule has 1 aromatic carbocycles. The van der Waals surface area contributed by atoms with Gasteiger partial charge in [0.2, 0.25) is 0 Å². The zero-order valence-electron chi connectivity index (χ0n) is 10.9. The molecule has 1 aliphatic carbocycles. The lowest BCUT2D eigenvalue weighted by molar-refractivity contribution is 0.760. The lowest BCUT2D eigenvalue weighted by atomic mass is 10.1. The third-order valence-corrected chi connectivity index (χ3v) is 4.60.